The predicted molar refractivity (Wildman–Crippen MR) is 104 cm³/mol. The lowest BCUT2D eigenvalue weighted by atomic mass is 10.1. The van der Waals surface area contributed by atoms with E-state index in [2.05, 4.69) is 10.3 Å². The van der Waals surface area contributed by atoms with Crippen LogP contribution >= 0.6 is 23.2 Å². The highest BCUT2D eigenvalue weighted by molar-refractivity contribution is 6.36. The van der Waals surface area contributed by atoms with E-state index in [0.717, 1.165) is 5.56 Å². The van der Waals surface area contributed by atoms with Gasteiger partial charge in [0.2, 0.25) is 0 Å². The Hall–Kier alpha value is -2.15. The lowest BCUT2D eigenvalue weighted by molar-refractivity contribution is -0.123. The van der Waals surface area contributed by atoms with Gasteiger partial charge in [-0.3, -0.25) is 4.79 Å². The molecule has 1 aromatic carbocycles. The van der Waals surface area contributed by atoms with E-state index < -0.39 is 18.0 Å². The van der Waals surface area contributed by atoms with Gasteiger partial charge in [-0.2, -0.15) is 0 Å². The van der Waals surface area contributed by atoms with Crippen molar-refractivity contribution in [2.75, 3.05) is 5.32 Å². The molecule has 0 saturated heterocycles. The molecular weight excluding hydrogens is 391 g/mol. The number of ether oxygens (including phenoxy) is 2. The lowest BCUT2D eigenvalue weighted by Crippen LogP contribution is -2.30. The third-order valence-electron chi connectivity index (χ3n) is 3.48. The number of hydrogen-bond donors (Lipinski definition) is 1. The summed E-state index contributed by atoms with van der Waals surface area (Å²) in [6.45, 7) is 5.82. The summed E-state index contributed by atoms with van der Waals surface area (Å²) in [5.74, 6) is -1.02. The maximum atomic E-state index is 12.2. The van der Waals surface area contributed by atoms with Crippen LogP contribution in [-0.4, -0.2) is 29.1 Å². The third kappa shape index (κ3) is 6.50. The summed E-state index contributed by atoms with van der Waals surface area (Å²) in [6, 6.07) is 8.27. The summed E-state index contributed by atoms with van der Waals surface area (Å²) in [5, 5.41) is 3.03. The van der Waals surface area contributed by atoms with Gasteiger partial charge < -0.3 is 14.8 Å². The molecule has 0 aliphatic carbocycles. The molecule has 2 aromatic rings. The summed E-state index contributed by atoms with van der Waals surface area (Å²) in [6.07, 6.45) is 0.442. The van der Waals surface area contributed by atoms with Crippen LogP contribution in [0.4, 0.5) is 5.82 Å². The first-order valence-electron chi connectivity index (χ1n) is 8.29. The van der Waals surface area contributed by atoms with Crippen molar-refractivity contribution >= 4 is 40.9 Å². The zero-order valence-corrected chi connectivity index (χ0v) is 16.7. The molecule has 0 unspecified atom stereocenters. The van der Waals surface area contributed by atoms with Gasteiger partial charge in [-0.25, -0.2) is 9.78 Å². The molecule has 1 atom stereocenters. The lowest BCUT2D eigenvalue weighted by Gasteiger charge is -2.14. The topological polar surface area (TPSA) is 77.5 Å². The quantitative estimate of drug-likeness (QED) is 0.679. The fourth-order valence-corrected chi connectivity index (χ4v) is 2.43. The summed E-state index contributed by atoms with van der Waals surface area (Å²) in [7, 11) is 0. The number of pyridine rings is 1. The minimum atomic E-state index is -1.03. The first kappa shape index (κ1) is 21.2. The zero-order chi connectivity index (χ0) is 20.0. The number of rotatable bonds is 7. The molecular formula is C19H20Cl2N2O4. The Morgan fingerprint density at radius 1 is 1.15 bits per heavy atom. The molecule has 27 heavy (non-hydrogen) atoms. The molecule has 6 nitrogen and oxygen atoms in total. The van der Waals surface area contributed by atoms with Gasteiger partial charge in [0.05, 0.1) is 28.3 Å². The number of esters is 1. The van der Waals surface area contributed by atoms with Gasteiger partial charge >= 0.3 is 5.97 Å². The Morgan fingerprint density at radius 2 is 1.81 bits per heavy atom. The van der Waals surface area contributed by atoms with Crippen LogP contribution < -0.4 is 5.32 Å². The molecule has 8 heteroatoms. The molecule has 0 saturated carbocycles. The SMILES string of the molecule is CC(C)OCc1ccc(C(=O)O[C@H](C)C(=O)Nc2ncc(Cl)cc2Cl)cc1. The van der Waals surface area contributed by atoms with E-state index in [4.69, 9.17) is 32.7 Å². The van der Waals surface area contributed by atoms with E-state index >= 15 is 0 Å². The monoisotopic (exact) mass is 410 g/mol. The van der Waals surface area contributed by atoms with Crippen molar-refractivity contribution in [1.29, 1.82) is 0 Å². The van der Waals surface area contributed by atoms with Crippen LogP contribution in [0.2, 0.25) is 10.0 Å². The van der Waals surface area contributed by atoms with Crippen molar-refractivity contribution < 1.29 is 19.1 Å². The molecule has 1 aromatic heterocycles. The molecule has 0 bridgehead atoms. The van der Waals surface area contributed by atoms with Gasteiger partial charge in [-0.05, 0) is 44.5 Å². The Balaban J connectivity index is 1.93. The van der Waals surface area contributed by atoms with E-state index in [0.29, 0.717) is 17.2 Å². The third-order valence-corrected chi connectivity index (χ3v) is 3.97. The number of halogens is 2. The highest BCUT2D eigenvalue weighted by Gasteiger charge is 2.20. The largest absolute Gasteiger partial charge is 0.449 e. The molecule has 1 N–H and O–H groups in total. The van der Waals surface area contributed by atoms with Gasteiger partial charge in [0, 0.05) is 6.20 Å². The zero-order valence-electron chi connectivity index (χ0n) is 15.2. The Labute approximate surface area is 167 Å². The molecule has 0 fully saturated rings. The second-order valence-electron chi connectivity index (χ2n) is 6.08. The number of carbonyl (C=O) groups is 2. The number of nitrogens with zero attached hydrogens (tertiary/aromatic N) is 1. The number of aromatic nitrogens is 1. The maximum absolute atomic E-state index is 12.2. The average Bonchev–Trinajstić information content (AvgIpc) is 2.62. The normalized spacial score (nSPS) is 11.9. The fourth-order valence-electron chi connectivity index (χ4n) is 2.01. The van der Waals surface area contributed by atoms with Gasteiger partial charge in [0.1, 0.15) is 0 Å². The maximum Gasteiger partial charge on any atom is 0.338 e. The summed E-state index contributed by atoms with van der Waals surface area (Å²) < 4.78 is 10.7. The van der Waals surface area contributed by atoms with Crippen LogP contribution in [-0.2, 0) is 20.9 Å². The number of anilines is 1. The Morgan fingerprint density at radius 3 is 2.41 bits per heavy atom. The van der Waals surface area contributed by atoms with Gasteiger partial charge in [-0.15, -0.1) is 0 Å². The number of benzene rings is 1. The molecule has 0 spiro atoms. The first-order chi connectivity index (χ1) is 12.8. The van der Waals surface area contributed by atoms with Gasteiger partial charge in [0.25, 0.3) is 5.91 Å². The van der Waals surface area contributed by atoms with Crippen LogP contribution in [0.1, 0.15) is 36.7 Å². The minimum Gasteiger partial charge on any atom is -0.449 e. The van der Waals surface area contributed by atoms with E-state index in [1.807, 2.05) is 13.8 Å². The number of nitrogens with one attached hydrogen (secondary N) is 1. The molecule has 0 aliphatic rings. The standard InChI is InChI=1S/C19H20Cl2N2O4/c1-11(2)26-10-13-4-6-14(7-5-13)19(25)27-12(3)18(24)23-17-16(21)8-15(20)9-22-17/h4-9,11-12H,10H2,1-3H3,(H,22,23,24)/t12-/m1/s1. The molecule has 0 aliphatic heterocycles. The van der Waals surface area contributed by atoms with E-state index in [-0.39, 0.29) is 16.9 Å². The Kier molecular flexibility index (Phi) is 7.59. The summed E-state index contributed by atoms with van der Waals surface area (Å²) >= 11 is 11.7. The van der Waals surface area contributed by atoms with Crippen LogP contribution in [0.15, 0.2) is 36.5 Å². The molecule has 1 amide bonds. The first-order valence-corrected chi connectivity index (χ1v) is 9.05. The van der Waals surface area contributed by atoms with Crippen molar-refractivity contribution in [2.45, 2.75) is 39.6 Å². The van der Waals surface area contributed by atoms with E-state index in [9.17, 15) is 9.59 Å². The van der Waals surface area contributed by atoms with Crippen LogP contribution in [0.3, 0.4) is 0 Å². The van der Waals surface area contributed by atoms with Crippen LogP contribution in [0.5, 0.6) is 0 Å². The van der Waals surface area contributed by atoms with Gasteiger partial charge in [0.15, 0.2) is 11.9 Å². The molecule has 0 radical (unpaired) electrons. The van der Waals surface area contributed by atoms with E-state index in [1.165, 1.54) is 19.2 Å². The van der Waals surface area contributed by atoms with Crippen molar-refractivity contribution in [3.8, 4) is 0 Å². The van der Waals surface area contributed by atoms with Crippen LogP contribution in [0.25, 0.3) is 0 Å². The number of carbonyl (C=O) groups excluding carboxylic acids is 2. The van der Waals surface area contributed by atoms with Crippen molar-refractivity contribution in [3.63, 3.8) is 0 Å². The van der Waals surface area contributed by atoms with Crippen molar-refractivity contribution in [3.05, 3.63) is 57.7 Å². The van der Waals surface area contributed by atoms with Crippen molar-refractivity contribution in [1.82, 2.24) is 4.98 Å². The second-order valence-corrected chi connectivity index (χ2v) is 6.92. The highest BCUT2D eigenvalue weighted by atomic mass is 35.5. The molecule has 2 rings (SSSR count). The predicted octanol–water partition coefficient (Wildman–Crippen LogP) is 4.50. The number of hydrogen-bond acceptors (Lipinski definition) is 5. The summed E-state index contributed by atoms with van der Waals surface area (Å²) in [5.41, 5.74) is 1.28. The highest BCUT2D eigenvalue weighted by Crippen LogP contribution is 2.22. The Bertz CT molecular complexity index is 810. The molecule has 1 heterocycles. The van der Waals surface area contributed by atoms with E-state index in [1.54, 1.807) is 24.3 Å². The minimum absolute atomic E-state index is 0.123. The van der Waals surface area contributed by atoms with Crippen LogP contribution in [0, 0.1) is 0 Å². The second kappa shape index (κ2) is 9.69. The average molecular weight is 411 g/mol. The molecule has 144 valence electrons. The number of amides is 1. The fraction of sp³-hybridized carbons (Fsp3) is 0.316. The smallest absolute Gasteiger partial charge is 0.338 e. The van der Waals surface area contributed by atoms with Gasteiger partial charge in [-0.1, -0.05) is 35.3 Å². The van der Waals surface area contributed by atoms with Crippen molar-refractivity contribution in [2.24, 2.45) is 0 Å². The summed E-state index contributed by atoms with van der Waals surface area (Å²) in [4.78, 5) is 28.3.